The molecule has 4 N–H and O–H groups in total. The summed E-state index contributed by atoms with van der Waals surface area (Å²) >= 11 is 0. The quantitative estimate of drug-likeness (QED) is 0.730. The first kappa shape index (κ1) is 13.2. The normalized spacial score (nSPS) is 40.3. The SMILES string of the molecule is CC(C)(N)CNC(=O)NC12CC3CC(CC(C3)C1)C2. The second-order valence-electron chi connectivity index (χ2n) is 7.99. The van der Waals surface area contributed by atoms with Gasteiger partial charge in [0.15, 0.2) is 0 Å². The van der Waals surface area contributed by atoms with Gasteiger partial charge in [-0.2, -0.15) is 0 Å². The van der Waals surface area contributed by atoms with Crippen LogP contribution in [0.5, 0.6) is 0 Å². The van der Waals surface area contributed by atoms with Crippen molar-refractivity contribution in [2.45, 2.75) is 63.5 Å². The Morgan fingerprint density at radius 3 is 2.05 bits per heavy atom. The smallest absolute Gasteiger partial charge is 0.315 e. The summed E-state index contributed by atoms with van der Waals surface area (Å²) in [4.78, 5) is 12.1. The second kappa shape index (κ2) is 4.37. The minimum atomic E-state index is -0.348. The average Bonchev–Trinajstić information content (AvgIpc) is 2.22. The molecule has 4 rings (SSSR count). The van der Waals surface area contributed by atoms with Gasteiger partial charge in [-0.3, -0.25) is 0 Å². The zero-order valence-electron chi connectivity index (χ0n) is 12.2. The third-order valence-electron chi connectivity index (χ3n) is 5.12. The lowest BCUT2D eigenvalue weighted by Gasteiger charge is -2.56. The van der Waals surface area contributed by atoms with E-state index >= 15 is 0 Å². The number of amides is 2. The molecule has 0 heterocycles. The first-order chi connectivity index (χ1) is 8.84. The third-order valence-corrected chi connectivity index (χ3v) is 5.12. The molecule has 4 saturated carbocycles. The van der Waals surface area contributed by atoms with Crippen LogP contribution in [0.2, 0.25) is 0 Å². The largest absolute Gasteiger partial charge is 0.336 e. The molecule has 0 aromatic heterocycles. The van der Waals surface area contributed by atoms with Gasteiger partial charge in [-0.25, -0.2) is 4.79 Å². The summed E-state index contributed by atoms with van der Waals surface area (Å²) in [6.07, 6.45) is 7.78. The van der Waals surface area contributed by atoms with Crippen LogP contribution in [0.25, 0.3) is 0 Å². The van der Waals surface area contributed by atoms with E-state index in [1.165, 1.54) is 38.5 Å². The van der Waals surface area contributed by atoms with Crippen LogP contribution in [0.4, 0.5) is 4.79 Å². The summed E-state index contributed by atoms with van der Waals surface area (Å²) in [7, 11) is 0. The number of hydrogen-bond donors (Lipinski definition) is 3. The van der Waals surface area contributed by atoms with Gasteiger partial charge in [0.1, 0.15) is 0 Å². The van der Waals surface area contributed by atoms with Crippen molar-refractivity contribution in [3.8, 4) is 0 Å². The van der Waals surface area contributed by atoms with Gasteiger partial charge in [0.2, 0.25) is 0 Å². The van der Waals surface area contributed by atoms with Gasteiger partial charge in [0.05, 0.1) is 0 Å². The number of urea groups is 1. The fraction of sp³-hybridized carbons (Fsp3) is 0.933. The topological polar surface area (TPSA) is 67.1 Å². The molecule has 4 bridgehead atoms. The third kappa shape index (κ3) is 2.88. The lowest BCUT2D eigenvalue weighted by atomic mass is 9.53. The minimum absolute atomic E-state index is 0.0273. The Kier molecular flexibility index (Phi) is 3.04. The van der Waals surface area contributed by atoms with Crippen LogP contribution in [0.3, 0.4) is 0 Å². The molecule has 108 valence electrons. The maximum Gasteiger partial charge on any atom is 0.315 e. The molecule has 4 nitrogen and oxygen atoms in total. The van der Waals surface area contributed by atoms with Gasteiger partial charge in [0.25, 0.3) is 0 Å². The summed E-state index contributed by atoms with van der Waals surface area (Å²) in [5, 5.41) is 6.21. The van der Waals surface area contributed by atoms with Crippen molar-refractivity contribution in [1.82, 2.24) is 10.6 Å². The van der Waals surface area contributed by atoms with E-state index in [2.05, 4.69) is 10.6 Å². The molecule has 2 amide bonds. The van der Waals surface area contributed by atoms with Gasteiger partial charge in [-0.1, -0.05) is 0 Å². The molecule has 4 fully saturated rings. The van der Waals surface area contributed by atoms with Gasteiger partial charge in [-0.15, -0.1) is 0 Å². The molecule has 19 heavy (non-hydrogen) atoms. The zero-order valence-corrected chi connectivity index (χ0v) is 12.2. The Balaban J connectivity index is 1.59. The summed E-state index contributed by atoms with van der Waals surface area (Å²) in [5.74, 6) is 2.58. The van der Waals surface area contributed by atoms with Gasteiger partial charge in [-0.05, 0) is 70.1 Å². The lowest BCUT2D eigenvalue weighted by Crippen LogP contribution is -2.62. The Hall–Kier alpha value is -0.770. The van der Waals surface area contributed by atoms with E-state index in [0.717, 1.165) is 17.8 Å². The van der Waals surface area contributed by atoms with Crippen LogP contribution in [-0.4, -0.2) is 23.7 Å². The van der Waals surface area contributed by atoms with Crippen LogP contribution in [0, 0.1) is 17.8 Å². The van der Waals surface area contributed by atoms with Crippen LogP contribution in [0.1, 0.15) is 52.4 Å². The van der Waals surface area contributed by atoms with Crippen molar-refractivity contribution in [2.24, 2.45) is 23.5 Å². The van der Waals surface area contributed by atoms with Crippen LogP contribution < -0.4 is 16.4 Å². The molecule has 0 aromatic rings. The first-order valence-corrected chi connectivity index (χ1v) is 7.68. The molecular weight excluding hydrogens is 238 g/mol. The average molecular weight is 265 g/mol. The molecule has 0 saturated heterocycles. The Morgan fingerprint density at radius 2 is 1.63 bits per heavy atom. The van der Waals surface area contributed by atoms with E-state index < -0.39 is 0 Å². The predicted octanol–water partition coefficient (Wildman–Crippen LogP) is 1.99. The Morgan fingerprint density at radius 1 is 1.16 bits per heavy atom. The number of rotatable bonds is 3. The Labute approximate surface area is 115 Å². The maximum absolute atomic E-state index is 12.1. The predicted molar refractivity (Wildman–Crippen MR) is 75.7 cm³/mol. The molecule has 4 aliphatic rings. The highest BCUT2D eigenvalue weighted by atomic mass is 16.2. The highest BCUT2D eigenvalue weighted by Gasteiger charge is 2.51. The van der Waals surface area contributed by atoms with Crippen molar-refractivity contribution in [2.75, 3.05) is 6.54 Å². The molecule has 4 heteroatoms. The highest BCUT2D eigenvalue weighted by molar-refractivity contribution is 5.75. The number of nitrogens with two attached hydrogens (primary N) is 1. The number of hydrogen-bond acceptors (Lipinski definition) is 2. The first-order valence-electron chi connectivity index (χ1n) is 7.68. The van der Waals surface area contributed by atoms with E-state index in [4.69, 9.17) is 5.73 Å². The summed E-state index contributed by atoms with van der Waals surface area (Å²) in [5.41, 5.74) is 5.65. The molecular formula is C15H27N3O. The molecule has 0 unspecified atom stereocenters. The summed E-state index contributed by atoms with van der Waals surface area (Å²) in [6, 6.07) is -0.0273. The van der Waals surface area contributed by atoms with E-state index in [0.29, 0.717) is 6.54 Å². The van der Waals surface area contributed by atoms with Crippen LogP contribution in [0.15, 0.2) is 0 Å². The minimum Gasteiger partial charge on any atom is -0.336 e. The monoisotopic (exact) mass is 265 g/mol. The van der Waals surface area contributed by atoms with Crippen molar-refractivity contribution in [1.29, 1.82) is 0 Å². The number of carbonyl (C=O) groups is 1. The standard InChI is InChI=1S/C15H27N3O/c1-14(2,16)9-17-13(19)18-15-6-10-3-11(7-15)5-12(4-10)8-15/h10-12H,3-9,16H2,1-2H3,(H2,17,18,19). The fourth-order valence-corrected chi connectivity index (χ4v) is 4.86. The molecule has 4 aliphatic carbocycles. The van der Waals surface area contributed by atoms with E-state index in [-0.39, 0.29) is 17.1 Å². The van der Waals surface area contributed by atoms with Gasteiger partial charge < -0.3 is 16.4 Å². The molecule has 0 radical (unpaired) electrons. The van der Waals surface area contributed by atoms with Crippen LogP contribution >= 0.6 is 0 Å². The lowest BCUT2D eigenvalue weighted by molar-refractivity contribution is -0.0135. The molecule has 0 aliphatic heterocycles. The zero-order chi connectivity index (χ0) is 13.7. The molecule has 0 atom stereocenters. The second-order valence-corrected chi connectivity index (χ2v) is 7.99. The van der Waals surface area contributed by atoms with Gasteiger partial charge in [0, 0.05) is 17.6 Å². The van der Waals surface area contributed by atoms with Crippen molar-refractivity contribution in [3.63, 3.8) is 0 Å². The highest BCUT2D eigenvalue weighted by Crippen LogP contribution is 2.55. The van der Waals surface area contributed by atoms with Gasteiger partial charge >= 0.3 is 6.03 Å². The van der Waals surface area contributed by atoms with E-state index in [9.17, 15) is 4.79 Å². The van der Waals surface area contributed by atoms with E-state index in [1.807, 2.05) is 13.8 Å². The van der Waals surface area contributed by atoms with Crippen molar-refractivity contribution < 1.29 is 4.79 Å². The summed E-state index contributed by atoms with van der Waals surface area (Å²) in [6.45, 7) is 4.38. The number of nitrogens with one attached hydrogen (secondary N) is 2. The maximum atomic E-state index is 12.1. The Bertz CT molecular complexity index is 337. The fourth-order valence-electron chi connectivity index (χ4n) is 4.86. The van der Waals surface area contributed by atoms with E-state index in [1.54, 1.807) is 0 Å². The van der Waals surface area contributed by atoms with Crippen LogP contribution in [-0.2, 0) is 0 Å². The van der Waals surface area contributed by atoms with Crippen molar-refractivity contribution >= 4 is 6.03 Å². The molecule has 0 spiro atoms. The summed E-state index contributed by atoms with van der Waals surface area (Å²) < 4.78 is 0. The number of carbonyl (C=O) groups excluding carboxylic acids is 1. The van der Waals surface area contributed by atoms with Crippen molar-refractivity contribution in [3.05, 3.63) is 0 Å². The molecule has 0 aromatic carbocycles.